The van der Waals surface area contributed by atoms with Gasteiger partial charge in [0.1, 0.15) is 28.4 Å². The summed E-state index contributed by atoms with van der Waals surface area (Å²) in [5, 5.41) is 9.54. The minimum Gasteiger partial charge on any atom is -0.443 e. The van der Waals surface area contributed by atoms with Crippen LogP contribution in [0.25, 0.3) is 16.9 Å². The molecule has 15 heteroatoms. The third-order valence-electron chi connectivity index (χ3n) is 6.56. The van der Waals surface area contributed by atoms with Gasteiger partial charge >= 0.3 is 12.7 Å². The highest BCUT2D eigenvalue weighted by Gasteiger charge is 2.37. The lowest BCUT2D eigenvalue weighted by molar-refractivity contribution is -0.188. The maximum Gasteiger partial charge on any atom is 0.414 e. The predicted octanol–water partition coefficient (Wildman–Crippen LogP) is 4.38. The molecule has 1 fully saturated rings. The van der Waals surface area contributed by atoms with Crippen LogP contribution in [-0.2, 0) is 9.47 Å². The van der Waals surface area contributed by atoms with Crippen LogP contribution in [0.4, 0.5) is 30.8 Å². The highest BCUT2D eigenvalue weighted by atomic mass is 19.3. The van der Waals surface area contributed by atoms with Gasteiger partial charge < -0.3 is 24.6 Å². The van der Waals surface area contributed by atoms with Crippen molar-refractivity contribution in [2.45, 2.75) is 58.0 Å². The third kappa shape index (κ3) is 6.45. The molecule has 43 heavy (non-hydrogen) atoms. The van der Waals surface area contributed by atoms with Crippen molar-refractivity contribution in [1.29, 1.82) is 0 Å². The molecule has 0 saturated heterocycles. The van der Waals surface area contributed by atoms with Crippen molar-refractivity contribution in [3.63, 3.8) is 0 Å². The quantitative estimate of drug-likeness (QED) is 0.299. The topological polar surface area (TPSA) is 154 Å². The Morgan fingerprint density at radius 1 is 1.16 bits per heavy atom. The Kier molecular flexibility index (Phi) is 8.08. The van der Waals surface area contributed by atoms with E-state index in [1.807, 2.05) is 0 Å². The molecule has 5 rings (SSSR count). The molecule has 1 saturated carbocycles. The molecule has 4 aromatic rings. The van der Waals surface area contributed by atoms with E-state index < -0.39 is 41.9 Å². The van der Waals surface area contributed by atoms with Gasteiger partial charge in [0, 0.05) is 25.5 Å². The standard InChI is InChI=1S/C28H29F2N7O6/c1-28(2,3)42-27(40)36(4)17-14-19(32-16-8-7-13-37(25(16)39)20-9-5-6-12-31-20)34-22-21(17)35-43-23(22)24(38)33-15-10-11-18(15)41-26(29)30/h5-9,12-15,18,26H,10-11H2,1-4H3,(H,32,34)(H,33,38)/t15-,18-/m1/s1. The van der Waals surface area contributed by atoms with Crippen LogP contribution in [0, 0.1) is 0 Å². The van der Waals surface area contributed by atoms with Crippen molar-refractivity contribution in [3.05, 3.63) is 64.9 Å². The van der Waals surface area contributed by atoms with Gasteiger partial charge in [0.05, 0.1) is 17.8 Å². The van der Waals surface area contributed by atoms with Crippen LogP contribution >= 0.6 is 0 Å². The number of amides is 2. The van der Waals surface area contributed by atoms with Crippen LogP contribution < -0.4 is 21.1 Å². The molecule has 226 valence electrons. The van der Waals surface area contributed by atoms with Gasteiger partial charge in [-0.05, 0) is 57.9 Å². The molecular formula is C28H29F2N7O6. The van der Waals surface area contributed by atoms with Crippen molar-refractivity contribution in [2.75, 3.05) is 17.3 Å². The molecule has 1 aliphatic rings. The largest absolute Gasteiger partial charge is 0.443 e. The number of alkyl halides is 2. The Labute approximate surface area is 243 Å². The lowest BCUT2D eigenvalue weighted by Gasteiger charge is -2.36. The van der Waals surface area contributed by atoms with Gasteiger partial charge in [0.2, 0.25) is 5.76 Å². The molecule has 0 radical (unpaired) electrons. The van der Waals surface area contributed by atoms with Gasteiger partial charge in [0.25, 0.3) is 11.5 Å². The molecule has 0 aromatic carbocycles. The molecule has 13 nitrogen and oxygen atoms in total. The number of hydrogen-bond donors (Lipinski definition) is 2. The second-order valence-electron chi connectivity index (χ2n) is 10.8. The van der Waals surface area contributed by atoms with E-state index in [0.29, 0.717) is 18.7 Å². The highest BCUT2D eigenvalue weighted by molar-refractivity contribution is 6.07. The van der Waals surface area contributed by atoms with E-state index in [-0.39, 0.29) is 34.0 Å². The molecule has 0 unspecified atom stereocenters. The molecule has 0 aliphatic heterocycles. The first-order valence-corrected chi connectivity index (χ1v) is 13.3. The number of nitrogens with one attached hydrogen (secondary N) is 2. The molecule has 1 aliphatic carbocycles. The second kappa shape index (κ2) is 11.8. The lowest BCUT2D eigenvalue weighted by Crippen LogP contribution is -2.52. The molecule has 2 atom stereocenters. The van der Waals surface area contributed by atoms with E-state index >= 15 is 0 Å². The number of ether oxygens (including phenoxy) is 2. The number of aromatic nitrogens is 4. The first-order chi connectivity index (χ1) is 20.4. The summed E-state index contributed by atoms with van der Waals surface area (Å²) < 4.78 is 42.1. The van der Waals surface area contributed by atoms with Gasteiger partial charge in [0.15, 0.2) is 5.52 Å². The maximum absolute atomic E-state index is 13.3. The summed E-state index contributed by atoms with van der Waals surface area (Å²) in [5.41, 5.74) is -0.962. The van der Waals surface area contributed by atoms with Gasteiger partial charge in [-0.3, -0.25) is 19.1 Å². The fourth-order valence-corrected chi connectivity index (χ4v) is 4.37. The Hall–Kier alpha value is -4.92. The first-order valence-electron chi connectivity index (χ1n) is 13.3. The van der Waals surface area contributed by atoms with E-state index in [1.54, 1.807) is 57.4 Å². The fraction of sp³-hybridized carbons (Fsp3) is 0.357. The average molecular weight is 598 g/mol. The Morgan fingerprint density at radius 2 is 1.95 bits per heavy atom. The Bertz CT molecular complexity index is 1700. The molecule has 0 bridgehead atoms. The van der Waals surface area contributed by atoms with E-state index in [1.165, 1.54) is 28.6 Å². The number of rotatable bonds is 8. The van der Waals surface area contributed by atoms with Crippen molar-refractivity contribution in [1.82, 2.24) is 25.0 Å². The van der Waals surface area contributed by atoms with Crippen LogP contribution in [0.5, 0.6) is 0 Å². The zero-order chi connectivity index (χ0) is 30.9. The fourth-order valence-electron chi connectivity index (χ4n) is 4.37. The number of nitrogens with zero attached hydrogens (tertiary/aromatic N) is 5. The SMILES string of the molecule is CN(C(=O)OC(C)(C)C)c1cc(Nc2cccn(-c3ccccn3)c2=O)nc2c(C(=O)N[C@@H]3CC[C@H]3OC(F)F)onc12. The number of fused-ring (bicyclic) bond motifs is 1. The molecule has 2 N–H and O–H groups in total. The molecular weight excluding hydrogens is 568 g/mol. The van der Waals surface area contributed by atoms with Crippen LogP contribution in [0.2, 0.25) is 0 Å². The zero-order valence-electron chi connectivity index (χ0n) is 23.7. The number of halogens is 2. The summed E-state index contributed by atoms with van der Waals surface area (Å²) in [6, 6.07) is 9.10. The molecule has 4 aromatic heterocycles. The van der Waals surface area contributed by atoms with Gasteiger partial charge in [-0.1, -0.05) is 11.2 Å². The van der Waals surface area contributed by atoms with Crippen LogP contribution in [0.3, 0.4) is 0 Å². The summed E-state index contributed by atoms with van der Waals surface area (Å²) in [5.74, 6) is -0.608. The van der Waals surface area contributed by atoms with E-state index in [9.17, 15) is 23.2 Å². The van der Waals surface area contributed by atoms with Gasteiger partial charge in [-0.25, -0.2) is 14.8 Å². The van der Waals surface area contributed by atoms with Crippen LogP contribution in [0.1, 0.15) is 44.2 Å². The molecule has 4 heterocycles. The number of hydrogen-bond acceptors (Lipinski definition) is 10. The summed E-state index contributed by atoms with van der Waals surface area (Å²) in [6.07, 6.45) is 2.33. The van der Waals surface area contributed by atoms with Gasteiger partial charge in [-0.2, -0.15) is 8.78 Å². The highest BCUT2D eigenvalue weighted by Crippen LogP contribution is 2.32. The minimum atomic E-state index is -2.97. The monoisotopic (exact) mass is 597 g/mol. The summed E-state index contributed by atoms with van der Waals surface area (Å²) >= 11 is 0. The molecule has 2 amide bonds. The van der Waals surface area contributed by atoms with Crippen molar-refractivity contribution in [2.24, 2.45) is 0 Å². The van der Waals surface area contributed by atoms with Crippen LogP contribution in [-0.4, -0.2) is 63.1 Å². The van der Waals surface area contributed by atoms with E-state index in [4.69, 9.17) is 9.26 Å². The van der Waals surface area contributed by atoms with Gasteiger partial charge in [-0.15, -0.1) is 0 Å². The normalized spacial score (nSPS) is 16.5. The van der Waals surface area contributed by atoms with Crippen LogP contribution in [0.15, 0.2) is 58.1 Å². The summed E-state index contributed by atoms with van der Waals surface area (Å²) in [7, 11) is 1.44. The predicted molar refractivity (Wildman–Crippen MR) is 151 cm³/mol. The molecule has 0 spiro atoms. The number of carbonyl (C=O) groups is 2. The maximum atomic E-state index is 13.3. The number of anilines is 3. The van der Waals surface area contributed by atoms with Crippen molar-refractivity contribution in [3.8, 4) is 5.82 Å². The van der Waals surface area contributed by atoms with Crippen molar-refractivity contribution >= 4 is 40.2 Å². The lowest BCUT2D eigenvalue weighted by atomic mass is 9.89. The minimum absolute atomic E-state index is 0.0421. The Balaban J connectivity index is 1.53. The average Bonchev–Trinajstić information content (AvgIpc) is 3.38. The van der Waals surface area contributed by atoms with E-state index in [2.05, 4.69) is 30.5 Å². The number of pyridine rings is 3. The smallest absolute Gasteiger partial charge is 0.414 e. The summed E-state index contributed by atoms with van der Waals surface area (Å²) in [6.45, 7) is 2.15. The summed E-state index contributed by atoms with van der Waals surface area (Å²) in [4.78, 5) is 49.3. The zero-order valence-corrected chi connectivity index (χ0v) is 23.7. The third-order valence-corrected chi connectivity index (χ3v) is 6.56. The number of carbonyl (C=O) groups excluding carboxylic acids is 2. The van der Waals surface area contributed by atoms with E-state index in [0.717, 1.165) is 0 Å². The Morgan fingerprint density at radius 3 is 2.60 bits per heavy atom. The second-order valence-corrected chi connectivity index (χ2v) is 10.8. The first kappa shape index (κ1) is 29.6. The van der Waals surface area contributed by atoms with Crippen molar-refractivity contribution < 1.29 is 32.4 Å².